The van der Waals surface area contributed by atoms with Crippen LogP contribution in [0.3, 0.4) is 0 Å². The number of amides is 1. The van der Waals surface area contributed by atoms with Gasteiger partial charge in [0, 0.05) is 12.5 Å². The Morgan fingerprint density at radius 2 is 1.51 bits per heavy atom. The predicted octanol–water partition coefficient (Wildman–Crippen LogP) is 4.93. The SMILES string of the molecule is CN(CCCC(NC(=O)OCC1c2ccccc2-c2ccccc21)C(=O)O)CCc1ccccc1. The van der Waals surface area contributed by atoms with E-state index in [1.54, 1.807) is 0 Å². The number of benzene rings is 3. The number of carbonyl (C=O) groups excluding carboxylic acids is 1. The minimum Gasteiger partial charge on any atom is -0.480 e. The summed E-state index contributed by atoms with van der Waals surface area (Å²) < 4.78 is 5.51. The van der Waals surface area contributed by atoms with Crippen LogP contribution in [0.4, 0.5) is 4.79 Å². The molecule has 0 saturated carbocycles. The van der Waals surface area contributed by atoms with E-state index in [1.165, 1.54) is 5.56 Å². The van der Waals surface area contributed by atoms with Crippen molar-refractivity contribution in [2.24, 2.45) is 0 Å². The number of nitrogens with zero attached hydrogens (tertiary/aromatic N) is 1. The fourth-order valence-electron chi connectivity index (χ4n) is 4.68. The number of carboxylic acids is 1. The first-order valence-electron chi connectivity index (χ1n) is 12.1. The lowest BCUT2D eigenvalue weighted by Gasteiger charge is -2.19. The van der Waals surface area contributed by atoms with Crippen molar-refractivity contribution in [3.8, 4) is 11.1 Å². The van der Waals surface area contributed by atoms with Gasteiger partial charge in [0.1, 0.15) is 12.6 Å². The molecule has 1 unspecified atom stereocenters. The van der Waals surface area contributed by atoms with E-state index in [9.17, 15) is 14.7 Å². The molecule has 1 amide bonds. The minimum atomic E-state index is -1.05. The van der Waals surface area contributed by atoms with Crippen LogP contribution in [0.5, 0.6) is 0 Å². The Labute approximate surface area is 206 Å². The molecule has 0 radical (unpaired) electrons. The third-order valence-corrected chi connectivity index (χ3v) is 6.59. The van der Waals surface area contributed by atoms with Crippen molar-refractivity contribution in [1.82, 2.24) is 10.2 Å². The number of hydrogen-bond acceptors (Lipinski definition) is 4. The van der Waals surface area contributed by atoms with Crippen molar-refractivity contribution in [3.05, 3.63) is 95.6 Å². The molecule has 35 heavy (non-hydrogen) atoms. The zero-order chi connectivity index (χ0) is 24.6. The summed E-state index contributed by atoms with van der Waals surface area (Å²) in [5.74, 6) is -1.11. The maximum Gasteiger partial charge on any atom is 0.407 e. The summed E-state index contributed by atoms with van der Waals surface area (Å²) >= 11 is 0. The molecule has 0 bridgehead atoms. The normalized spacial score (nSPS) is 13.2. The third-order valence-electron chi connectivity index (χ3n) is 6.59. The van der Waals surface area contributed by atoms with Crippen LogP contribution < -0.4 is 5.32 Å². The molecule has 2 N–H and O–H groups in total. The van der Waals surface area contributed by atoms with Crippen LogP contribution >= 0.6 is 0 Å². The summed E-state index contributed by atoms with van der Waals surface area (Å²) in [6.45, 7) is 1.80. The Morgan fingerprint density at radius 1 is 0.914 bits per heavy atom. The van der Waals surface area contributed by atoms with Crippen LogP contribution in [0.1, 0.15) is 35.4 Å². The number of likely N-dealkylation sites (N-methyl/N-ethyl adjacent to an activating group) is 1. The van der Waals surface area contributed by atoms with Crippen molar-refractivity contribution in [2.45, 2.75) is 31.2 Å². The van der Waals surface area contributed by atoms with Gasteiger partial charge in [-0.25, -0.2) is 9.59 Å². The van der Waals surface area contributed by atoms with Crippen LogP contribution in [-0.2, 0) is 16.0 Å². The first kappa shape index (κ1) is 24.5. The van der Waals surface area contributed by atoms with E-state index in [2.05, 4.69) is 46.6 Å². The van der Waals surface area contributed by atoms with Gasteiger partial charge in [-0.2, -0.15) is 0 Å². The Morgan fingerprint density at radius 3 is 2.14 bits per heavy atom. The molecule has 1 atom stereocenters. The average molecular weight is 473 g/mol. The number of alkyl carbamates (subject to hydrolysis) is 1. The molecule has 0 fully saturated rings. The van der Waals surface area contributed by atoms with E-state index in [-0.39, 0.29) is 12.5 Å². The van der Waals surface area contributed by atoms with Gasteiger partial charge in [-0.05, 0) is 60.7 Å². The van der Waals surface area contributed by atoms with Gasteiger partial charge in [-0.15, -0.1) is 0 Å². The summed E-state index contributed by atoms with van der Waals surface area (Å²) in [7, 11) is 2.03. The van der Waals surface area contributed by atoms with E-state index in [0.717, 1.165) is 41.8 Å². The summed E-state index contributed by atoms with van der Waals surface area (Å²) in [6.07, 6.45) is 1.25. The first-order chi connectivity index (χ1) is 17.0. The summed E-state index contributed by atoms with van der Waals surface area (Å²) in [5, 5.41) is 12.1. The van der Waals surface area contributed by atoms with Gasteiger partial charge < -0.3 is 20.1 Å². The quantitative estimate of drug-likeness (QED) is 0.414. The molecule has 4 rings (SSSR count). The van der Waals surface area contributed by atoms with Gasteiger partial charge in [0.05, 0.1) is 0 Å². The van der Waals surface area contributed by atoms with E-state index in [0.29, 0.717) is 12.8 Å². The molecule has 3 aromatic rings. The van der Waals surface area contributed by atoms with E-state index >= 15 is 0 Å². The highest BCUT2D eigenvalue weighted by molar-refractivity contribution is 5.81. The molecule has 0 spiro atoms. The van der Waals surface area contributed by atoms with Crippen molar-refractivity contribution in [3.63, 3.8) is 0 Å². The zero-order valence-electron chi connectivity index (χ0n) is 20.0. The number of fused-ring (bicyclic) bond motifs is 3. The fourth-order valence-corrected chi connectivity index (χ4v) is 4.68. The number of aliphatic carboxylic acids is 1. The number of carboxylic acid groups (broad SMARTS) is 1. The largest absolute Gasteiger partial charge is 0.480 e. The number of rotatable bonds is 11. The van der Waals surface area contributed by atoms with Gasteiger partial charge in [0.2, 0.25) is 0 Å². The lowest BCUT2D eigenvalue weighted by Crippen LogP contribution is -2.41. The number of carbonyl (C=O) groups is 2. The maximum absolute atomic E-state index is 12.5. The average Bonchev–Trinajstić information content (AvgIpc) is 3.20. The maximum atomic E-state index is 12.5. The molecule has 0 saturated heterocycles. The van der Waals surface area contributed by atoms with Gasteiger partial charge in [0.15, 0.2) is 0 Å². The second-order valence-corrected chi connectivity index (χ2v) is 9.04. The molecule has 0 heterocycles. The molecule has 182 valence electrons. The highest BCUT2D eigenvalue weighted by Gasteiger charge is 2.29. The lowest BCUT2D eigenvalue weighted by molar-refractivity contribution is -0.139. The molecule has 3 aromatic carbocycles. The van der Waals surface area contributed by atoms with E-state index in [4.69, 9.17) is 4.74 Å². The first-order valence-corrected chi connectivity index (χ1v) is 12.1. The standard InChI is InChI=1S/C29H32N2O4/c1-31(19-17-21-10-3-2-4-11-21)18-9-16-27(28(32)33)30-29(34)35-20-26-24-14-7-5-12-22(24)23-13-6-8-15-25(23)26/h2-8,10-15,26-27H,9,16-20H2,1H3,(H,30,34)(H,32,33). The Bertz CT molecular complexity index is 1100. The van der Waals surface area contributed by atoms with Gasteiger partial charge >= 0.3 is 12.1 Å². The molecule has 1 aliphatic carbocycles. The van der Waals surface area contributed by atoms with Gasteiger partial charge in [0.25, 0.3) is 0 Å². The molecule has 6 nitrogen and oxygen atoms in total. The van der Waals surface area contributed by atoms with Crippen molar-refractivity contribution >= 4 is 12.1 Å². The third kappa shape index (κ3) is 6.28. The van der Waals surface area contributed by atoms with Crippen LogP contribution in [0.25, 0.3) is 11.1 Å². The highest BCUT2D eigenvalue weighted by Crippen LogP contribution is 2.44. The molecule has 0 aromatic heterocycles. The summed E-state index contributed by atoms with van der Waals surface area (Å²) in [5.41, 5.74) is 5.82. The molecule has 6 heteroatoms. The summed E-state index contributed by atoms with van der Waals surface area (Å²) in [4.78, 5) is 26.4. The number of hydrogen-bond donors (Lipinski definition) is 2. The molecule has 1 aliphatic rings. The van der Waals surface area contributed by atoms with E-state index < -0.39 is 18.1 Å². The highest BCUT2D eigenvalue weighted by atomic mass is 16.5. The van der Waals surface area contributed by atoms with Crippen molar-refractivity contribution in [1.29, 1.82) is 0 Å². The number of ether oxygens (including phenoxy) is 1. The van der Waals surface area contributed by atoms with Crippen molar-refractivity contribution in [2.75, 3.05) is 26.7 Å². The predicted molar refractivity (Wildman–Crippen MR) is 137 cm³/mol. The van der Waals surface area contributed by atoms with Crippen LogP contribution in [0.15, 0.2) is 78.9 Å². The summed E-state index contributed by atoms with van der Waals surface area (Å²) in [6, 6.07) is 25.5. The molecule has 0 aliphatic heterocycles. The Balaban J connectivity index is 1.24. The zero-order valence-corrected chi connectivity index (χ0v) is 20.0. The number of nitrogens with one attached hydrogen (secondary N) is 1. The smallest absolute Gasteiger partial charge is 0.407 e. The second-order valence-electron chi connectivity index (χ2n) is 9.04. The second kappa shape index (κ2) is 11.7. The molecular weight excluding hydrogens is 440 g/mol. The Hall–Kier alpha value is -3.64. The van der Waals surface area contributed by atoms with Crippen molar-refractivity contribution < 1.29 is 19.4 Å². The van der Waals surface area contributed by atoms with Gasteiger partial charge in [-0.3, -0.25) is 0 Å². The molecular formula is C29H32N2O4. The minimum absolute atomic E-state index is 0.0605. The van der Waals surface area contributed by atoms with E-state index in [1.807, 2.05) is 49.5 Å². The lowest BCUT2D eigenvalue weighted by atomic mass is 9.98. The fraction of sp³-hybridized carbons (Fsp3) is 0.310. The topological polar surface area (TPSA) is 78.9 Å². The monoisotopic (exact) mass is 472 g/mol. The van der Waals surface area contributed by atoms with Crippen LogP contribution in [0, 0.1) is 0 Å². The van der Waals surface area contributed by atoms with Crippen LogP contribution in [0.2, 0.25) is 0 Å². The van der Waals surface area contributed by atoms with Crippen LogP contribution in [-0.4, -0.2) is 54.9 Å². The Kier molecular flexibility index (Phi) is 8.16. The van der Waals surface area contributed by atoms with Gasteiger partial charge in [-0.1, -0.05) is 78.9 Å².